The summed E-state index contributed by atoms with van der Waals surface area (Å²) in [5.41, 5.74) is 11.9. The molecule has 1 heterocycles. The van der Waals surface area contributed by atoms with E-state index in [0.717, 1.165) is 27.8 Å². The predicted octanol–water partition coefficient (Wildman–Crippen LogP) is 5.77. The highest BCUT2D eigenvalue weighted by atomic mass is 16.5. The van der Waals surface area contributed by atoms with E-state index in [1.54, 1.807) is 13.3 Å². The fraction of sp³-hybridized carbons (Fsp3) is 0.111. The molecule has 4 rings (SSSR count). The summed E-state index contributed by atoms with van der Waals surface area (Å²) in [4.78, 5) is 4.24. The van der Waals surface area contributed by atoms with Gasteiger partial charge in [-0.05, 0) is 35.7 Å². The first-order valence-electron chi connectivity index (χ1n) is 10.2. The molecular weight excluding hydrogens is 398 g/mol. The number of nitrogens with zero attached hydrogens (tertiary/aromatic N) is 2. The van der Waals surface area contributed by atoms with E-state index in [2.05, 4.69) is 30.1 Å². The van der Waals surface area contributed by atoms with Crippen molar-refractivity contribution >= 4 is 5.82 Å². The van der Waals surface area contributed by atoms with Gasteiger partial charge in [-0.1, -0.05) is 66.2 Å². The molecule has 3 aromatic carbocycles. The summed E-state index contributed by atoms with van der Waals surface area (Å²) in [6.45, 7) is 2.48. The maximum atomic E-state index is 9.82. The topological polar surface area (TPSA) is 81.2 Å². The Morgan fingerprint density at radius 2 is 1.75 bits per heavy atom. The van der Waals surface area contributed by atoms with Gasteiger partial charge in [-0.25, -0.2) is 4.98 Å². The minimum atomic E-state index is 0.195. The van der Waals surface area contributed by atoms with Crippen LogP contribution in [0.25, 0.3) is 22.3 Å². The van der Waals surface area contributed by atoms with Crippen molar-refractivity contribution in [1.29, 1.82) is 5.26 Å². The van der Waals surface area contributed by atoms with Gasteiger partial charge in [-0.15, -0.1) is 0 Å². The van der Waals surface area contributed by atoms with Gasteiger partial charge in [-0.2, -0.15) is 5.26 Å². The third-order valence-corrected chi connectivity index (χ3v) is 5.23. The van der Waals surface area contributed by atoms with Gasteiger partial charge in [0, 0.05) is 17.3 Å². The minimum Gasteiger partial charge on any atom is -0.493 e. The molecule has 158 valence electrons. The summed E-state index contributed by atoms with van der Waals surface area (Å²) >= 11 is 0. The van der Waals surface area contributed by atoms with Gasteiger partial charge in [0.15, 0.2) is 11.5 Å². The number of nitrogens with two attached hydrogens (primary N) is 1. The van der Waals surface area contributed by atoms with Crippen LogP contribution in [-0.4, -0.2) is 12.1 Å². The van der Waals surface area contributed by atoms with Crippen molar-refractivity contribution in [2.45, 2.75) is 13.5 Å². The van der Waals surface area contributed by atoms with E-state index in [-0.39, 0.29) is 5.82 Å². The molecule has 0 saturated heterocycles. The van der Waals surface area contributed by atoms with Gasteiger partial charge in [0.1, 0.15) is 24.1 Å². The van der Waals surface area contributed by atoms with Gasteiger partial charge in [0.25, 0.3) is 0 Å². The number of nitrogen functional groups attached to an aromatic ring is 1. The highest BCUT2D eigenvalue weighted by Gasteiger charge is 2.18. The van der Waals surface area contributed by atoms with Gasteiger partial charge in [-0.3, -0.25) is 0 Å². The Morgan fingerprint density at radius 3 is 2.47 bits per heavy atom. The zero-order valence-electron chi connectivity index (χ0n) is 18.0. The summed E-state index contributed by atoms with van der Waals surface area (Å²) in [5.74, 6) is 1.40. The average molecular weight is 422 g/mol. The summed E-state index contributed by atoms with van der Waals surface area (Å²) in [6.07, 6.45) is 1.70. The Bertz CT molecular complexity index is 1290. The zero-order valence-corrected chi connectivity index (χ0v) is 18.0. The lowest BCUT2D eigenvalue weighted by molar-refractivity contribution is 0.284. The second-order valence-electron chi connectivity index (χ2n) is 7.43. The van der Waals surface area contributed by atoms with Crippen LogP contribution in [0, 0.1) is 18.3 Å². The molecule has 0 aliphatic rings. The highest BCUT2D eigenvalue weighted by Crippen LogP contribution is 2.40. The number of aromatic nitrogens is 1. The summed E-state index contributed by atoms with van der Waals surface area (Å²) in [7, 11) is 1.60. The second kappa shape index (κ2) is 9.23. The van der Waals surface area contributed by atoms with E-state index in [9.17, 15) is 5.26 Å². The van der Waals surface area contributed by atoms with Gasteiger partial charge < -0.3 is 15.2 Å². The van der Waals surface area contributed by atoms with Crippen LogP contribution in [0.2, 0.25) is 0 Å². The molecule has 5 nitrogen and oxygen atoms in total. The first-order valence-corrected chi connectivity index (χ1v) is 10.2. The number of methoxy groups -OCH3 is 1. The van der Waals surface area contributed by atoms with E-state index in [0.29, 0.717) is 23.7 Å². The number of rotatable bonds is 6. The normalized spacial score (nSPS) is 10.4. The Hall–Kier alpha value is -4.30. The van der Waals surface area contributed by atoms with E-state index in [4.69, 9.17) is 15.2 Å². The summed E-state index contributed by atoms with van der Waals surface area (Å²) in [6, 6.07) is 25.8. The molecule has 0 spiro atoms. The van der Waals surface area contributed by atoms with Gasteiger partial charge in [0.05, 0.1) is 7.11 Å². The number of hydrogen-bond donors (Lipinski definition) is 1. The maximum absolute atomic E-state index is 9.82. The van der Waals surface area contributed by atoms with E-state index < -0.39 is 0 Å². The van der Waals surface area contributed by atoms with Crippen LogP contribution in [0.3, 0.4) is 0 Å². The fourth-order valence-electron chi connectivity index (χ4n) is 3.68. The van der Waals surface area contributed by atoms with Crippen LogP contribution in [0.1, 0.15) is 16.7 Å². The summed E-state index contributed by atoms with van der Waals surface area (Å²) < 4.78 is 11.6. The van der Waals surface area contributed by atoms with Crippen LogP contribution in [0.15, 0.2) is 79.0 Å². The van der Waals surface area contributed by atoms with Crippen molar-refractivity contribution < 1.29 is 9.47 Å². The molecule has 0 atom stereocenters. The lowest BCUT2D eigenvalue weighted by Crippen LogP contribution is -2.01. The van der Waals surface area contributed by atoms with Crippen molar-refractivity contribution in [2.24, 2.45) is 0 Å². The molecule has 5 heteroatoms. The van der Waals surface area contributed by atoms with Crippen LogP contribution in [-0.2, 0) is 6.61 Å². The predicted molar refractivity (Wildman–Crippen MR) is 126 cm³/mol. The Labute approximate surface area is 187 Å². The highest BCUT2D eigenvalue weighted by molar-refractivity contribution is 5.90. The molecule has 0 amide bonds. The zero-order chi connectivity index (χ0) is 22.5. The van der Waals surface area contributed by atoms with Gasteiger partial charge >= 0.3 is 0 Å². The average Bonchev–Trinajstić information content (AvgIpc) is 2.83. The van der Waals surface area contributed by atoms with Crippen LogP contribution in [0.5, 0.6) is 11.5 Å². The molecule has 0 saturated carbocycles. The first kappa shape index (κ1) is 21.0. The molecule has 0 radical (unpaired) electrons. The molecule has 1 aromatic heterocycles. The minimum absolute atomic E-state index is 0.195. The second-order valence-corrected chi connectivity index (χ2v) is 7.43. The number of ether oxygens (including phenoxy) is 2. The van der Waals surface area contributed by atoms with Crippen molar-refractivity contribution in [1.82, 2.24) is 4.98 Å². The van der Waals surface area contributed by atoms with Crippen molar-refractivity contribution in [2.75, 3.05) is 12.8 Å². The molecule has 0 unspecified atom stereocenters. The number of aryl methyl sites for hydroxylation is 1. The molecular formula is C27H23N3O2. The number of pyridine rings is 1. The third kappa shape index (κ3) is 4.26. The maximum Gasteiger partial charge on any atom is 0.161 e. The smallest absolute Gasteiger partial charge is 0.161 e. The van der Waals surface area contributed by atoms with Crippen molar-refractivity contribution in [3.8, 4) is 39.8 Å². The van der Waals surface area contributed by atoms with E-state index >= 15 is 0 Å². The molecule has 0 aliphatic carbocycles. The Kier molecular flexibility index (Phi) is 6.05. The standard InChI is InChI=1S/C27H23N3O2/c1-18-7-6-8-19(13-18)17-32-24-12-11-21(14-25(24)31-2)26-22(15-28)27(29)30-16-23(26)20-9-4-3-5-10-20/h3-14,16H,17H2,1-2H3,(H2,29,30). The SMILES string of the molecule is COc1cc(-c2c(-c3ccccc3)cnc(N)c2C#N)ccc1OCc1cccc(C)c1. The van der Waals surface area contributed by atoms with E-state index in [1.165, 1.54) is 5.56 Å². The van der Waals surface area contributed by atoms with Crippen LogP contribution < -0.4 is 15.2 Å². The quantitative estimate of drug-likeness (QED) is 0.428. The number of hydrogen-bond acceptors (Lipinski definition) is 5. The Balaban J connectivity index is 1.76. The van der Waals surface area contributed by atoms with E-state index in [1.807, 2.05) is 60.7 Å². The molecule has 0 fully saturated rings. The van der Waals surface area contributed by atoms with Gasteiger partial charge in [0.2, 0.25) is 0 Å². The molecule has 32 heavy (non-hydrogen) atoms. The lowest BCUT2D eigenvalue weighted by Gasteiger charge is -2.16. The third-order valence-electron chi connectivity index (χ3n) is 5.23. The molecule has 0 aliphatic heterocycles. The fourth-order valence-corrected chi connectivity index (χ4v) is 3.68. The van der Waals surface area contributed by atoms with Crippen LogP contribution >= 0.6 is 0 Å². The summed E-state index contributed by atoms with van der Waals surface area (Å²) in [5, 5.41) is 9.82. The lowest BCUT2D eigenvalue weighted by atomic mass is 9.92. The largest absolute Gasteiger partial charge is 0.493 e. The van der Waals surface area contributed by atoms with Crippen LogP contribution in [0.4, 0.5) is 5.82 Å². The van der Waals surface area contributed by atoms with Crippen molar-refractivity contribution in [3.63, 3.8) is 0 Å². The molecule has 4 aromatic rings. The molecule has 2 N–H and O–H groups in total. The van der Waals surface area contributed by atoms with Crippen molar-refractivity contribution in [3.05, 3.63) is 95.7 Å². The Morgan fingerprint density at radius 1 is 0.938 bits per heavy atom. The monoisotopic (exact) mass is 421 g/mol. The first-order chi connectivity index (χ1) is 15.6. The number of anilines is 1. The number of nitriles is 1. The number of benzene rings is 3. The molecule has 0 bridgehead atoms.